The van der Waals surface area contributed by atoms with Crippen LogP contribution in [0.5, 0.6) is 0 Å². The van der Waals surface area contributed by atoms with Gasteiger partial charge in [0.25, 0.3) is 5.91 Å². The minimum absolute atomic E-state index is 0.105. The lowest BCUT2D eigenvalue weighted by molar-refractivity contribution is 0.0166. The first kappa shape index (κ1) is 29.7. The zero-order valence-electron chi connectivity index (χ0n) is 21.2. The Morgan fingerprint density at radius 1 is 0.919 bits per heavy atom. The summed E-state index contributed by atoms with van der Waals surface area (Å²) in [4.78, 5) is 17.0. The number of rotatable bonds is 19. The minimum Gasteiger partial charge on any atom is -0.395 e. The Labute approximate surface area is 216 Å². The molecule has 2 aromatic carbocycles. The van der Waals surface area contributed by atoms with Crippen LogP contribution in [0.2, 0.25) is 0 Å². The van der Waals surface area contributed by atoms with Gasteiger partial charge in [-0.15, -0.1) is 0 Å². The molecule has 0 saturated carbocycles. The van der Waals surface area contributed by atoms with E-state index in [-0.39, 0.29) is 12.5 Å². The maximum Gasteiger partial charge on any atom is 0.251 e. The molecular weight excluding hydrogens is 478 g/mol. The van der Waals surface area contributed by atoms with Crippen molar-refractivity contribution in [3.63, 3.8) is 0 Å². The summed E-state index contributed by atoms with van der Waals surface area (Å²) < 4.78 is 16.0. The second-order valence-corrected chi connectivity index (χ2v) is 7.61. The van der Waals surface area contributed by atoms with Gasteiger partial charge in [0.05, 0.1) is 57.6 Å². The maximum atomic E-state index is 12.3. The van der Waals surface area contributed by atoms with E-state index < -0.39 is 0 Å². The second-order valence-electron chi connectivity index (χ2n) is 7.61. The first-order valence-corrected chi connectivity index (χ1v) is 12.2. The van der Waals surface area contributed by atoms with Crippen LogP contribution in [0.3, 0.4) is 0 Å². The van der Waals surface area contributed by atoms with Gasteiger partial charge in [-0.05, 0) is 61.0 Å². The average Bonchev–Trinajstić information content (AvgIpc) is 2.93. The molecule has 0 heterocycles. The summed E-state index contributed by atoms with van der Waals surface area (Å²) in [6, 6.07) is 14.5. The van der Waals surface area contributed by atoms with Crippen LogP contribution in [0.1, 0.15) is 17.3 Å². The standard InChI is InChI=1S/C25H35N7O5/c1-2-32(13-14-33)24-9-7-23(8-10-24)30-29-22-5-3-21(4-6-22)25(34)27-11-15-35-17-19-37-20-18-36-16-12-28-31-26/h3-10,33H,2,11-20H2,1H3,(H,27,34)/b30-29+. The zero-order valence-corrected chi connectivity index (χ0v) is 21.2. The first-order chi connectivity index (χ1) is 18.2. The molecule has 0 saturated heterocycles. The highest BCUT2D eigenvalue weighted by Crippen LogP contribution is 2.22. The number of anilines is 1. The molecule has 12 heteroatoms. The van der Waals surface area contributed by atoms with Crippen LogP contribution >= 0.6 is 0 Å². The zero-order chi connectivity index (χ0) is 26.6. The number of carbonyl (C=O) groups excluding carboxylic acids is 1. The number of hydrogen-bond acceptors (Lipinski definition) is 9. The Hall–Kier alpha value is -3.54. The van der Waals surface area contributed by atoms with Gasteiger partial charge < -0.3 is 29.5 Å². The van der Waals surface area contributed by atoms with Crippen LogP contribution < -0.4 is 10.2 Å². The fourth-order valence-corrected chi connectivity index (χ4v) is 3.15. The summed E-state index contributed by atoms with van der Waals surface area (Å²) >= 11 is 0. The number of azo groups is 1. The molecule has 0 aromatic heterocycles. The molecule has 0 radical (unpaired) electrons. The number of ether oxygens (including phenoxy) is 3. The average molecular weight is 514 g/mol. The number of azide groups is 1. The van der Waals surface area contributed by atoms with Gasteiger partial charge in [-0.25, -0.2) is 0 Å². The van der Waals surface area contributed by atoms with Gasteiger partial charge >= 0.3 is 0 Å². The molecule has 12 nitrogen and oxygen atoms in total. The third-order valence-electron chi connectivity index (χ3n) is 5.05. The van der Waals surface area contributed by atoms with Gasteiger partial charge in [0.15, 0.2) is 0 Å². The van der Waals surface area contributed by atoms with Crippen molar-refractivity contribution in [2.45, 2.75) is 6.92 Å². The predicted octanol–water partition coefficient (Wildman–Crippen LogP) is 4.01. The van der Waals surface area contributed by atoms with Crippen LogP contribution in [-0.4, -0.2) is 83.4 Å². The predicted molar refractivity (Wildman–Crippen MR) is 141 cm³/mol. The van der Waals surface area contributed by atoms with Crippen molar-refractivity contribution in [1.29, 1.82) is 0 Å². The van der Waals surface area contributed by atoms with E-state index in [4.69, 9.17) is 24.8 Å². The molecule has 37 heavy (non-hydrogen) atoms. The SMILES string of the molecule is CCN(CCO)c1ccc(/N=N/c2ccc(C(=O)NCCOCCOCCOCCN=[N+]=[N-])cc2)cc1. The molecule has 2 aromatic rings. The lowest BCUT2D eigenvalue weighted by Crippen LogP contribution is -2.27. The van der Waals surface area contributed by atoms with E-state index in [0.29, 0.717) is 76.2 Å². The fraction of sp³-hybridized carbons (Fsp3) is 0.480. The van der Waals surface area contributed by atoms with E-state index in [1.165, 1.54) is 0 Å². The summed E-state index contributed by atoms with van der Waals surface area (Å²) in [5.41, 5.74) is 11.0. The van der Waals surface area contributed by atoms with Gasteiger partial charge in [0.2, 0.25) is 0 Å². The Balaban J connectivity index is 1.61. The molecular formula is C25H35N7O5. The van der Waals surface area contributed by atoms with Crippen LogP contribution in [0.4, 0.5) is 17.1 Å². The number of nitrogens with zero attached hydrogens (tertiary/aromatic N) is 6. The summed E-state index contributed by atoms with van der Waals surface area (Å²) in [6.45, 7) is 6.66. The van der Waals surface area contributed by atoms with Crippen LogP contribution in [-0.2, 0) is 14.2 Å². The smallest absolute Gasteiger partial charge is 0.251 e. The van der Waals surface area contributed by atoms with E-state index in [1.807, 2.05) is 31.2 Å². The number of likely N-dealkylation sites (N-methyl/N-ethyl adjacent to an activating group) is 1. The van der Waals surface area contributed by atoms with Gasteiger partial charge in [-0.2, -0.15) is 10.2 Å². The summed E-state index contributed by atoms with van der Waals surface area (Å²) in [5.74, 6) is -0.194. The van der Waals surface area contributed by atoms with E-state index >= 15 is 0 Å². The number of nitrogens with one attached hydrogen (secondary N) is 1. The summed E-state index contributed by atoms with van der Waals surface area (Å²) in [7, 11) is 0. The number of aliphatic hydroxyl groups is 1. The molecule has 200 valence electrons. The Kier molecular flexibility index (Phi) is 15.0. The van der Waals surface area contributed by atoms with E-state index in [2.05, 4.69) is 30.5 Å². The molecule has 1 amide bonds. The van der Waals surface area contributed by atoms with Gasteiger partial charge in [0, 0.05) is 42.3 Å². The number of carbonyl (C=O) groups is 1. The molecule has 0 aliphatic heterocycles. The Morgan fingerprint density at radius 2 is 1.49 bits per heavy atom. The topological polar surface area (TPSA) is 154 Å². The minimum atomic E-state index is -0.194. The quantitative estimate of drug-likeness (QED) is 0.125. The molecule has 0 aliphatic rings. The third-order valence-corrected chi connectivity index (χ3v) is 5.05. The lowest BCUT2D eigenvalue weighted by atomic mass is 10.2. The van der Waals surface area contributed by atoms with Crippen LogP contribution in [0, 0.1) is 0 Å². The number of aliphatic hydroxyl groups excluding tert-OH is 1. The Bertz CT molecular complexity index is 980. The molecule has 0 aliphatic carbocycles. The highest BCUT2D eigenvalue weighted by Gasteiger charge is 2.05. The van der Waals surface area contributed by atoms with Crippen molar-refractivity contribution in [2.75, 3.05) is 77.3 Å². The summed E-state index contributed by atoms with van der Waals surface area (Å²) in [6.07, 6.45) is 0. The summed E-state index contributed by atoms with van der Waals surface area (Å²) in [5, 5.41) is 23.8. The van der Waals surface area contributed by atoms with Gasteiger partial charge in [-0.1, -0.05) is 5.11 Å². The van der Waals surface area contributed by atoms with Crippen LogP contribution in [0.15, 0.2) is 63.9 Å². The molecule has 0 atom stereocenters. The molecule has 2 rings (SSSR count). The van der Waals surface area contributed by atoms with E-state index in [0.717, 1.165) is 12.2 Å². The van der Waals surface area contributed by atoms with Gasteiger partial charge in [0.1, 0.15) is 0 Å². The van der Waals surface area contributed by atoms with Crippen molar-refractivity contribution in [3.8, 4) is 0 Å². The first-order valence-electron chi connectivity index (χ1n) is 12.2. The van der Waals surface area contributed by atoms with Gasteiger partial charge in [-0.3, -0.25) is 4.79 Å². The lowest BCUT2D eigenvalue weighted by Gasteiger charge is -2.21. The molecule has 0 fully saturated rings. The fourth-order valence-electron chi connectivity index (χ4n) is 3.15. The van der Waals surface area contributed by atoms with Crippen molar-refractivity contribution in [1.82, 2.24) is 5.32 Å². The maximum absolute atomic E-state index is 12.3. The monoisotopic (exact) mass is 513 g/mol. The number of amides is 1. The largest absolute Gasteiger partial charge is 0.395 e. The molecule has 2 N–H and O–H groups in total. The third kappa shape index (κ3) is 12.3. The van der Waals surface area contributed by atoms with Crippen molar-refractivity contribution in [3.05, 3.63) is 64.5 Å². The van der Waals surface area contributed by atoms with Crippen molar-refractivity contribution >= 4 is 23.0 Å². The van der Waals surface area contributed by atoms with E-state index in [1.54, 1.807) is 24.3 Å². The van der Waals surface area contributed by atoms with Crippen molar-refractivity contribution in [2.24, 2.45) is 15.3 Å². The Morgan fingerprint density at radius 3 is 2.05 bits per heavy atom. The molecule has 0 spiro atoms. The number of hydrogen-bond donors (Lipinski definition) is 2. The normalized spacial score (nSPS) is 10.9. The van der Waals surface area contributed by atoms with Crippen molar-refractivity contribution < 1.29 is 24.1 Å². The molecule has 0 bridgehead atoms. The highest BCUT2D eigenvalue weighted by molar-refractivity contribution is 5.94. The number of benzene rings is 2. The van der Waals surface area contributed by atoms with E-state index in [9.17, 15) is 4.79 Å². The highest BCUT2D eigenvalue weighted by atomic mass is 16.5. The van der Waals surface area contributed by atoms with Crippen LogP contribution in [0.25, 0.3) is 10.4 Å². The second kappa shape index (κ2) is 18.7. The molecule has 0 unspecified atom stereocenters.